The van der Waals surface area contributed by atoms with E-state index in [9.17, 15) is 4.79 Å². The van der Waals surface area contributed by atoms with Crippen molar-refractivity contribution in [3.63, 3.8) is 0 Å². The lowest BCUT2D eigenvalue weighted by Crippen LogP contribution is -2.10. The zero-order chi connectivity index (χ0) is 13.5. The molecule has 5 heteroatoms. The van der Waals surface area contributed by atoms with Crippen molar-refractivity contribution in [2.45, 2.75) is 6.54 Å². The van der Waals surface area contributed by atoms with Crippen molar-refractivity contribution < 1.29 is 9.53 Å². The molecule has 0 aliphatic rings. The smallest absolute Gasteiger partial charge is 0.411 e. The number of anilines is 2. The van der Waals surface area contributed by atoms with Gasteiger partial charge >= 0.3 is 6.09 Å². The van der Waals surface area contributed by atoms with Crippen molar-refractivity contribution in [3.8, 4) is 0 Å². The van der Waals surface area contributed by atoms with Crippen molar-refractivity contribution in [2.75, 3.05) is 17.7 Å². The molecule has 2 N–H and O–H groups in total. The first kappa shape index (κ1) is 12.9. The number of carbonyl (C=O) groups is 1. The fraction of sp³-hybridized carbons (Fsp3) is 0.143. The van der Waals surface area contributed by atoms with Gasteiger partial charge in [0, 0.05) is 17.6 Å². The van der Waals surface area contributed by atoms with Gasteiger partial charge in [0.2, 0.25) is 0 Å². The first-order valence-corrected chi connectivity index (χ1v) is 5.87. The number of aromatic nitrogens is 1. The maximum Gasteiger partial charge on any atom is 0.411 e. The van der Waals surface area contributed by atoms with Crippen LogP contribution in [0.15, 0.2) is 48.7 Å². The number of nitrogens with zero attached hydrogens (tertiary/aromatic N) is 1. The Kier molecular flexibility index (Phi) is 4.34. The second kappa shape index (κ2) is 6.39. The summed E-state index contributed by atoms with van der Waals surface area (Å²) in [4.78, 5) is 15.2. The Bertz CT molecular complexity index is 526. The molecule has 0 aliphatic heterocycles. The van der Waals surface area contributed by atoms with Gasteiger partial charge in [0.05, 0.1) is 19.3 Å². The van der Waals surface area contributed by atoms with Crippen LogP contribution in [0.5, 0.6) is 0 Å². The fourth-order valence-electron chi connectivity index (χ4n) is 1.54. The largest absolute Gasteiger partial charge is 0.453 e. The Hall–Kier alpha value is -2.56. The summed E-state index contributed by atoms with van der Waals surface area (Å²) in [6.45, 7) is 0.657. The number of hydrogen-bond acceptors (Lipinski definition) is 4. The highest BCUT2D eigenvalue weighted by atomic mass is 16.5. The highest BCUT2D eigenvalue weighted by Crippen LogP contribution is 2.14. The van der Waals surface area contributed by atoms with Gasteiger partial charge in [0.1, 0.15) is 0 Å². The third-order valence-electron chi connectivity index (χ3n) is 2.52. The van der Waals surface area contributed by atoms with Crippen molar-refractivity contribution in [2.24, 2.45) is 0 Å². The lowest BCUT2D eigenvalue weighted by Gasteiger charge is -2.07. The Balaban J connectivity index is 1.90. The summed E-state index contributed by atoms with van der Waals surface area (Å²) >= 11 is 0. The van der Waals surface area contributed by atoms with Crippen LogP contribution in [0.3, 0.4) is 0 Å². The molecular weight excluding hydrogens is 242 g/mol. The van der Waals surface area contributed by atoms with E-state index >= 15 is 0 Å². The first-order chi connectivity index (χ1) is 9.28. The lowest BCUT2D eigenvalue weighted by molar-refractivity contribution is 0.187. The number of carbonyl (C=O) groups excluding carboxylic acids is 1. The molecule has 0 saturated carbocycles. The molecule has 0 fully saturated rings. The number of benzene rings is 1. The average molecular weight is 257 g/mol. The minimum atomic E-state index is -0.478. The number of pyridine rings is 1. The number of methoxy groups -OCH3 is 1. The molecule has 1 aromatic carbocycles. The zero-order valence-corrected chi connectivity index (χ0v) is 10.6. The molecule has 0 spiro atoms. The van der Waals surface area contributed by atoms with E-state index in [1.807, 2.05) is 30.3 Å². The normalized spacial score (nSPS) is 9.74. The molecule has 0 atom stereocenters. The Morgan fingerprint density at radius 1 is 1.16 bits per heavy atom. The average Bonchev–Trinajstić information content (AvgIpc) is 2.47. The predicted octanol–water partition coefficient (Wildman–Crippen LogP) is 2.87. The van der Waals surface area contributed by atoms with Gasteiger partial charge in [-0.15, -0.1) is 0 Å². The van der Waals surface area contributed by atoms with Crippen LogP contribution in [0.25, 0.3) is 0 Å². The number of amides is 1. The molecule has 19 heavy (non-hydrogen) atoms. The summed E-state index contributed by atoms with van der Waals surface area (Å²) < 4.78 is 4.52. The third-order valence-corrected chi connectivity index (χ3v) is 2.52. The summed E-state index contributed by atoms with van der Waals surface area (Å²) in [7, 11) is 1.33. The summed E-state index contributed by atoms with van der Waals surface area (Å²) in [5.41, 5.74) is 2.62. The SMILES string of the molecule is COC(=O)Nc1ccc(NCc2ccccn2)cc1. The molecular formula is C14H15N3O2. The van der Waals surface area contributed by atoms with Gasteiger partial charge in [-0.2, -0.15) is 0 Å². The van der Waals surface area contributed by atoms with Crippen LogP contribution in [0, 0.1) is 0 Å². The molecule has 1 aromatic heterocycles. The van der Waals surface area contributed by atoms with E-state index in [4.69, 9.17) is 0 Å². The summed E-state index contributed by atoms with van der Waals surface area (Å²) in [6, 6.07) is 13.2. The number of rotatable bonds is 4. The van der Waals surface area contributed by atoms with Crippen molar-refractivity contribution in [1.29, 1.82) is 0 Å². The van der Waals surface area contributed by atoms with E-state index < -0.39 is 6.09 Å². The third kappa shape index (κ3) is 3.99. The zero-order valence-electron chi connectivity index (χ0n) is 10.6. The van der Waals surface area contributed by atoms with E-state index in [2.05, 4.69) is 20.4 Å². The van der Waals surface area contributed by atoms with Gasteiger partial charge in [-0.25, -0.2) is 4.79 Å². The van der Waals surface area contributed by atoms with Gasteiger partial charge in [-0.1, -0.05) is 6.07 Å². The second-order valence-corrected chi connectivity index (χ2v) is 3.87. The van der Waals surface area contributed by atoms with Crippen LogP contribution in [0.2, 0.25) is 0 Å². The fourth-order valence-corrected chi connectivity index (χ4v) is 1.54. The van der Waals surface area contributed by atoms with Crippen LogP contribution in [-0.4, -0.2) is 18.2 Å². The molecule has 2 rings (SSSR count). The minimum absolute atomic E-state index is 0.478. The highest BCUT2D eigenvalue weighted by molar-refractivity contribution is 5.84. The molecule has 98 valence electrons. The van der Waals surface area contributed by atoms with Crippen molar-refractivity contribution in [3.05, 3.63) is 54.4 Å². The number of hydrogen-bond donors (Lipinski definition) is 2. The Morgan fingerprint density at radius 3 is 2.53 bits per heavy atom. The molecule has 0 bridgehead atoms. The van der Waals surface area contributed by atoms with Crippen LogP contribution >= 0.6 is 0 Å². The maximum atomic E-state index is 11.0. The summed E-state index contributed by atoms with van der Waals surface area (Å²) in [5, 5.41) is 5.84. The monoisotopic (exact) mass is 257 g/mol. The second-order valence-electron chi connectivity index (χ2n) is 3.87. The lowest BCUT2D eigenvalue weighted by atomic mass is 10.2. The van der Waals surface area contributed by atoms with E-state index in [-0.39, 0.29) is 0 Å². The van der Waals surface area contributed by atoms with E-state index in [0.29, 0.717) is 12.2 Å². The minimum Gasteiger partial charge on any atom is -0.453 e. The molecule has 0 unspecified atom stereocenters. The first-order valence-electron chi connectivity index (χ1n) is 5.87. The molecule has 0 radical (unpaired) electrons. The van der Waals surface area contributed by atoms with E-state index in [1.54, 1.807) is 18.3 Å². The summed E-state index contributed by atoms with van der Waals surface area (Å²) in [6.07, 6.45) is 1.29. The predicted molar refractivity (Wildman–Crippen MR) is 74.0 cm³/mol. The van der Waals surface area contributed by atoms with Gasteiger partial charge in [-0.3, -0.25) is 10.3 Å². The quantitative estimate of drug-likeness (QED) is 0.884. The summed E-state index contributed by atoms with van der Waals surface area (Å²) in [5.74, 6) is 0. The Labute approximate surface area is 111 Å². The van der Waals surface area contributed by atoms with Crippen LogP contribution in [-0.2, 0) is 11.3 Å². The van der Waals surface area contributed by atoms with E-state index in [0.717, 1.165) is 11.4 Å². The van der Waals surface area contributed by atoms with Gasteiger partial charge in [-0.05, 0) is 36.4 Å². The van der Waals surface area contributed by atoms with Crippen molar-refractivity contribution >= 4 is 17.5 Å². The molecule has 0 saturated heterocycles. The standard InChI is InChI=1S/C14H15N3O2/c1-19-14(18)17-12-7-5-11(6-8-12)16-10-13-4-2-3-9-15-13/h2-9,16H,10H2,1H3,(H,17,18). The van der Waals surface area contributed by atoms with Crippen molar-refractivity contribution in [1.82, 2.24) is 4.98 Å². The molecule has 5 nitrogen and oxygen atoms in total. The highest BCUT2D eigenvalue weighted by Gasteiger charge is 2.00. The molecule has 1 amide bonds. The number of ether oxygens (including phenoxy) is 1. The van der Waals surface area contributed by atoms with E-state index in [1.165, 1.54) is 7.11 Å². The van der Waals surface area contributed by atoms with Gasteiger partial charge < -0.3 is 10.1 Å². The molecule has 2 aromatic rings. The van der Waals surface area contributed by atoms with Crippen LogP contribution in [0.4, 0.5) is 16.2 Å². The molecule has 0 aliphatic carbocycles. The Morgan fingerprint density at radius 2 is 1.89 bits per heavy atom. The number of nitrogens with one attached hydrogen (secondary N) is 2. The van der Waals surface area contributed by atoms with Crippen LogP contribution < -0.4 is 10.6 Å². The van der Waals surface area contributed by atoms with Crippen LogP contribution in [0.1, 0.15) is 5.69 Å². The van der Waals surface area contributed by atoms with Gasteiger partial charge in [0.15, 0.2) is 0 Å². The maximum absolute atomic E-state index is 11.0. The van der Waals surface area contributed by atoms with Gasteiger partial charge in [0.25, 0.3) is 0 Å². The molecule has 1 heterocycles. The topological polar surface area (TPSA) is 63.2 Å².